The van der Waals surface area contributed by atoms with E-state index in [9.17, 15) is 60.0 Å². The molecule has 0 radical (unpaired) electrons. The Labute approximate surface area is 560 Å². The van der Waals surface area contributed by atoms with E-state index >= 15 is 0 Å². The fourth-order valence-corrected chi connectivity index (χ4v) is 17.0. The minimum Gasteiger partial charge on any atom is -0.507 e. The van der Waals surface area contributed by atoms with Crippen LogP contribution in [0.15, 0.2) is 70.9 Å². The van der Waals surface area contributed by atoms with Crippen molar-refractivity contribution in [3.63, 3.8) is 0 Å². The van der Waals surface area contributed by atoms with E-state index in [-0.39, 0.29) is 104 Å². The first-order valence-electron chi connectivity index (χ1n) is 34.4. The number of hydrogen-bond donors (Lipinski definition) is 8. The summed E-state index contributed by atoms with van der Waals surface area (Å²) in [5, 5.41) is 81.4. The van der Waals surface area contributed by atoms with E-state index in [1.165, 1.54) is 22.3 Å². The molecule has 0 saturated heterocycles. The van der Waals surface area contributed by atoms with Gasteiger partial charge in [-0.2, -0.15) is 0 Å². The quantitative estimate of drug-likeness (QED) is 0.0649. The largest absolute Gasteiger partial charge is 0.507 e. The summed E-state index contributed by atoms with van der Waals surface area (Å²) in [5.41, 5.74) is 9.06. The average molecular weight is 1310 g/mol. The molecule has 12 rings (SSSR count). The van der Waals surface area contributed by atoms with Crippen molar-refractivity contribution in [2.24, 2.45) is 23.7 Å². The van der Waals surface area contributed by atoms with Crippen LogP contribution in [0.4, 0.5) is 0 Å². The van der Waals surface area contributed by atoms with Crippen LogP contribution in [0.3, 0.4) is 0 Å². The predicted molar refractivity (Wildman–Crippen MR) is 367 cm³/mol. The van der Waals surface area contributed by atoms with Crippen molar-refractivity contribution in [3.8, 4) is 46.0 Å². The van der Waals surface area contributed by atoms with Crippen molar-refractivity contribution in [3.05, 3.63) is 138 Å². The third-order valence-electron chi connectivity index (χ3n) is 21.7. The summed E-state index contributed by atoms with van der Waals surface area (Å²) in [6.07, 6.45) is 22.0. The molecule has 4 aromatic carbocycles. The number of fused-ring (bicyclic) bond motifs is 12. The molecule has 4 aliphatic carbocycles. The van der Waals surface area contributed by atoms with Gasteiger partial charge in [0, 0.05) is 69.6 Å². The third-order valence-corrected chi connectivity index (χ3v) is 21.7. The normalized spacial score (nSPS) is 24.5. The van der Waals surface area contributed by atoms with Crippen LogP contribution in [0.5, 0.6) is 46.0 Å². The van der Waals surface area contributed by atoms with Crippen molar-refractivity contribution >= 4 is 23.9 Å². The molecule has 0 unspecified atom stereocenters. The highest BCUT2D eigenvalue weighted by molar-refractivity contribution is 5.96. The number of carboxylic acids is 4. The highest BCUT2D eigenvalue weighted by Gasteiger charge is 2.51. The zero-order valence-electron chi connectivity index (χ0n) is 58.7. The second-order valence-electron chi connectivity index (χ2n) is 30.2. The van der Waals surface area contributed by atoms with Gasteiger partial charge in [0.25, 0.3) is 0 Å². The molecule has 0 bridgehead atoms. The highest BCUT2D eigenvalue weighted by Crippen LogP contribution is 2.59. The first kappa shape index (κ1) is 71.4. The average Bonchev–Trinajstić information content (AvgIpc) is 0.756. The molecule has 8 atom stereocenters. The lowest BCUT2D eigenvalue weighted by Gasteiger charge is -2.47. The number of aromatic carboxylic acids is 4. The van der Waals surface area contributed by atoms with Crippen molar-refractivity contribution in [2.45, 2.75) is 253 Å². The van der Waals surface area contributed by atoms with Crippen LogP contribution in [-0.4, -0.2) is 87.1 Å². The molecule has 4 aliphatic heterocycles. The molecule has 4 aromatic rings. The number of allylic oxidation sites excluding steroid dienone is 8. The molecular weight excluding hydrogens is 1200 g/mol. The summed E-state index contributed by atoms with van der Waals surface area (Å²) < 4.78 is 24.8. The van der Waals surface area contributed by atoms with Crippen LogP contribution in [-0.2, 0) is 19.3 Å². The second-order valence-corrected chi connectivity index (χ2v) is 30.2. The van der Waals surface area contributed by atoms with Gasteiger partial charge in [-0.1, -0.05) is 86.6 Å². The summed E-state index contributed by atoms with van der Waals surface area (Å²) in [6.45, 7) is 32.6. The first-order chi connectivity index (χ1) is 44.5. The number of aromatic hydroxyl groups is 4. The van der Waals surface area contributed by atoms with Gasteiger partial charge >= 0.3 is 23.9 Å². The highest BCUT2D eigenvalue weighted by atomic mass is 16.5. The molecular formula is C79H102O16. The minimum atomic E-state index is -1.10. The maximum absolute atomic E-state index is 12.0. The number of benzene rings is 4. The Balaban J connectivity index is 0.000000149. The Bertz CT molecular complexity index is 3800. The maximum atomic E-state index is 12.0. The van der Waals surface area contributed by atoms with E-state index in [0.29, 0.717) is 86.8 Å². The van der Waals surface area contributed by atoms with Gasteiger partial charge in [0.15, 0.2) is 0 Å². The van der Waals surface area contributed by atoms with Crippen molar-refractivity contribution in [2.75, 3.05) is 0 Å². The number of ether oxygens (including phenoxy) is 4. The number of carboxylic acid groups (broad SMARTS) is 4. The summed E-state index contributed by atoms with van der Waals surface area (Å²) >= 11 is 0. The van der Waals surface area contributed by atoms with Crippen molar-refractivity contribution < 1.29 is 79.0 Å². The lowest BCUT2D eigenvalue weighted by Crippen LogP contribution is -2.45. The second kappa shape index (κ2) is 27.3. The number of carbonyl (C=O) groups is 4. The monoisotopic (exact) mass is 1310 g/mol. The van der Waals surface area contributed by atoms with Gasteiger partial charge < -0.3 is 59.8 Å². The van der Waals surface area contributed by atoms with Crippen LogP contribution >= 0.6 is 0 Å². The number of hydrogen-bond acceptors (Lipinski definition) is 12. The zero-order chi connectivity index (χ0) is 69.9. The molecule has 0 amide bonds. The smallest absolute Gasteiger partial charge is 0.339 e. The van der Waals surface area contributed by atoms with E-state index in [2.05, 4.69) is 86.6 Å². The number of aryl methyl sites for hydroxylation is 4. The van der Waals surface area contributed by atoms with E-state index < -0.39 is 35.1 Å². The van der Waals surface area contributed by atoms with E-state index in [1.807, 2.05) is 47.6 Å². The standard InChI is InChI=1S/C21H28O4.2C20H26O4.C18H22O4/c1-5-6-7-13-11-16(22)18-14-10-12(2)8-9-15(14)21(3,4)25-19(18)17(13)20(23)24;1-5-6-12-10-15-17(18(21)16(12)19(22)23)13-9-11(2)7-8-14(13)20(3,4)24-15;1-5-6-12-10-15(21)17-13-9-11(2)7-8-14(13)20(3,4)24-18(17)16(12)19(22)23;1-9-5-6-12-11(7-9)15-13(22-18(12,3)4)8-10(2)14(16(15)19)17(20)21/h10-11,14-15,22H,5-9H2,1-4H3,(H,23,24);2*9-10,13-14,21H,5-8H2,1-4H3,(H,22,23);7-8,11-12,19H,5-6H2,1-4H3,(H,20,21)/t14-,15-;2*13-,14-;11-,12-/m1111/s1. The molecule has 16 nitrogen and oxygen atoms in total. The molecule has 8 aliphatic rings. The lowest BCUT2D eigenvalue weighted by molar-refractivity contribution is 0.00863. The van der Waals surface area contributed by atoms with Gasteiger partial charge in [0.05, 0.1) is 0 Å². The van der Waals surface area contributed by atoms with Gasteiger partial charge in [0.1, 0.15) is 90.7 Å². The SMILES string of the molecule is CC1=C[C@H]2c3c(cc(C)c(C(=O)O)c3O)OC(C)(C)[C@@H]2CC1.CCCCc1cc(O)c2c(c1C(=O)O)OC(C)(C)[C@@H]1CCC(C)=C[C@@H]21.CCCc1cc(O)c2c(c1C(=O)O)OC(C)(C)[C@@H]1CCC(C)=C[C@@H]21.CCCc1cc2c(c(O)c1C(=O)O)[C@@H]1C=C(C)CC[C@H]1C(C)(C)O2. The molecule has 0 aromatic heterocycles. The molecule has 95 heavy (non-hydrogen) atoms. The summed E-state index contributed by atoms with van der Waals surface area (Å²) in [7, 11) is 0. The maximum Gasteiger partial charge on any atom is 0.339 e. The van der Waals surface area contributed by atoms with E-state index in [4.69, 9.17) is 18.9 Å². The Kier molecular flexibility index (Phi) is 20.5. The molecule has 0 saturated carbocycles. The number of phenolic OH excluding ortho intramolecular Hbond substituents is 2. The molecule has 514 valence electrons. The number of rotatable bonds is 11. The van der Waals surface area contributed by atoms with Gasteiger partial charge in [-0.05, 0) is 214 Å². The van der Waals surface area contributed by atoms with Gasteiger partial charge in [0.2, 0.25) is 0 Å². The number of phenols is 4. The Morgan fingerprint density at radius 3 is 1.04 bits per heavy atom. The topological polar surface area (TPSA) is 267 Å². The van der Waals surface area contributed by atoms with Crippen LogP contribution in [0.2, 0.25) is 0 Å². The van der Waals surface area contributed by atoms with Crippen molar-refractivity contribution in [1.29, 1.82) is 0 Å². The zero-order valence-corrected chi connectivity index (χ0v) is 58.7. The summed E-state index contributed by atoms with van der Waals surface area (Å²) in [5.74, 6) is -1.12. The fraction of sp³-hybridized carbons (Fsp3) is 0.544. The molecule has 4 heterocycles. The van der Waals surface area contributed by atoms with Crippen molar-refractivity contribution in [1.82, 2.24) is 0 Å². The molecule has 0 spiro atoms. The van der Waals surface area contributed by atoms with Crippen LogP contribution in [0.25, 0.3) is 0 Å². The van der Waals surface area contributed by atoms with Gasteiger partial charge in [-0.3, -0.25) is 0 Å². The van der Waals surface area contributed by atoms with Crippen LogP contribution < -0.4 is 18.9 Å². The van der Waals surface area contributed by atoms with E-state index in [0.717, 1.165) is 77.0 Å². The van der Waals surface area contributed by atoms with Crippen LogP contribution in [0.1, 0.15) is 291 Å². The Morgan fingerprint density at radius 1 is 0.400 bits per heavy atom. The minimum absolute atomic E-state index is 0.00539. The van der Waals surface area contributed by atoms with Gasteiger partial charge in [-0.25, -0.2) is 19.2 Å². The lowest BCUT2D eigenvalue weighted by atomic mass is 9.67. The van der Waals surface area contributed by atoms with Gasteiger partial charge in [-0.15, -0.1) is 0 Å². The van der Waals surface area contributed by atoms with E-state index in [1.54, 1.807) is 25.1 Å². The summed E-state index contributed by atoms with van der Waals surface area (Å²) in [6, 6.07) is 6.85. The Hall–Kier alpha value is -7.88. The van der Waals surface area contributed by atoms with Crippen LogP contribution in [0, 0.1) is 30.6 Å². The predicted octanol–water partition coefficient (Wildman–Crippen LogP) is 18.4. The Morgan fingerprint density at radius 2 is 0.705 bits per heavy atom. The summed E-state index contributed by atoms with van der Waals surface area (Å²) in [4.78, 5) is 47.2. The molecule has 16 heteroatoms. The first-order valence-corrected chi connectivity index (χ1v) is 34.4. The third kappa shape index (κ3) is 13.8. The molecule has 8 N–H and O–H groups in total. The fourth-order valence-electron chi connectivity index (χ4n) is 17.0. The molecule has 0 fully saturated rings. The number of unbranched alkanes of at least 4 members (excludes halogenated alkanes) is 1.